The molecule has 0 amide bonds. The summed E-state index contributed by atoms with van der Waals surface area (Å²) in [4.78, 5) is 0. The quantitative estimate of drug-likeness (QED) is 0.745. The third kappa shape index (κ3) is 4.21. The lowest BCUT2D eigenvalue weighted by Gasteiger charge is -2.14. The first-order chi connectivity index (χ1) is 8.05. The highest BCUT2D eigenvalue weighted by atomic mass is 32.2. The molecule has 0 spiro atoms. The Hall–Kier alpha value is -0.170. The first-order valence-electron chi connectivity index (χ1n) is 6.32. The Balaban J connectivity index is 1.73. The lowest BCUT2D eigenvalue weighted by Crippen LogP contribution is -2.34. The molecule has 1 saturated heterocycles. The van der Waals surface area contributed by atoms with E-state index in [4.69, 9.17) is 4.74 Å². The molecule has 6 heteroatoms. The monoisotopic (exact) mass is 263 g/mol. The predicted molar refractivity (Wildman–Crippen MR) is 64.1 cm³/mol. The van der Waals surface area contributed by atoms with Gasteiger partial charge in [0.25, 0.3) is 0 Å². The van der Waals surface area contributed by atoms with Gasteiger partial charge in [-0.3, -0.25) is 0 Å². The van der Waals surface area contributed by atoms with Crippen LogP contribution in [-0.2, 0) is 14.8 Å². The molecule has 3 unspecified atom stereocenters. The molecule has 2 rings (SSSR count). The second-order valence-corrected chi connectivity index (χ2v) is 6.95. The molecule has 100 valence electrons. The summed E-state index contributed by atoms with van der Waals surface area (Å²) in [5.74, 6) is 0.353. The second-order valence-electron chi connectivity index (χ2n) is 5.10. The van der Waals surface area contributed by atoms with Gasteiger partial charge in [0.2, 0.25) is 10.0 Å². The number of sulfonamides is 1. The first-order valence-corrected chi connectivity index (χ1v) is 7.97. The fourth-order valence-electron chi connectivity index (χ4n) is 2.56. The average Bonchev–Trinajstić information content (AvgIpc) is 2.86. The zero-order valence-corrected chi connectivity index (χ0v) is 10.8. The molecule has 0 bridgehead atoms. The standard InChI is InChI=1S/C11H21NO4S/c13-10-4-3-9(6-10)7-12-17(14,15)8-11-2-1-5-16-11/h9-13H,1-8H2. The molecule has 0 radical (unpaired) electrons. The molecule has 2 fully saturated rings. The number of hydrogen-bond donors (Lipinski definition) is 2. The lowest BCUT2D eigenvalue weighted by atomic mass is 10.1. The molecule has 0 aromatic rings. The summed E-state index contributed by atoms with van der Waals surface area (Å²) in [5, 5.41) is 9.36. The molecule has 2 N–H and O–H groups in total. The number of hydrogen-bond acceptors (Lipinski definition) is 4. The molecule has 17 heavy (non-hydrogen) atoms. The predicted octanol–water partition coefficient (Wildman–Crippen LogP) is 0.246. The number of aliphatic hydroxyl groups is 1. The van der Waals surface area contributed by atoms with Crippen molar-refractivity contribution in [2.24, 2.45) is 5.92 Å². The van der Waals surface area contributed by atoms with Crippen LogP contribution in [0.4, 0.5) is 0 Å². The van der Waals surface area contributed by atoms with Gasteiger partial charge in [0.15, 0.2) is 0 Å². The zero-order chi connectivity index (χ0) is 12.3. The van der Waals surface area contributed by atoms with Crippen LogP contribution in [0, 0.1) is 5.92 Å². The maximum absolute atomic E-state index is 11.8. The molecule has 5 nitrogen and oxygen atoms in total. The van der Waals surface area contributed by atoms with Gasteiger partial charge in [0.1, 0.15) is 0 Å². The van der Waals surface area contributed by atoms with Crippen LogP contribution < -0.4 is 4.72 Å². The molecule has 1 saturated carbocycles. The largest absolute Gasteiger partial charge is 0.393 e. The fourth-order valence-corrected chi connectivity index (χ4v) is 3.92. The van der Waals surface area contributed by atoms with Crippen LogP contribution in [0.3, 0.4) is 0 Å². The normalized spacial score (nSPS) is 34.3. The third-order valence-electron chi connectivity index (χ3n) is 3.53. The molecule has 1 aliphatic heterocycles. The number of nitrogens with one attached hydrogen (secondary N) is 1. The highest BCUT2D eigenvalue weighted by molar-refractivity contribution is 7.89. The van der Waals surface area contributed by atoms with Gasteiger partial charge in [-0.05, 0) is 38.0 Å². The topological polar surface area (TPSA) is 75.6 Å². The Kier molecular flexibility index (Phi) is 4.41. The Morgan fingerprint density at radius 2 is 2.12 bits per heavy atom. The van der Waals surface area contributed by atoms with E-state index in [0.29, 0.717) is 19.6 Å². The van der Waals surface area contributed by atoms with Crippen LogP contribution in [0.15, 0.2) is 0 Å². The minimum atomic E-state index is -3.23. The number of aliphatic hydroxyl groups excluding tert-OH is 1. The summed E-state index contributed by atoms with van der Waals surface area (Å²) >= 11 is 0. The molecular formula is C11H21NO4S. The van der Waals surface area contributed by atoms with Crippen molar-refractivity contribution in [3.63, 3.8) is 0 Å². The van der Waals surface area contributed by atoms with Crippen molar-refractivity contribution in [3.05, 3.63) is 0 Å². The van der Waals surface area contributed by atoms with Crippen LogP contribution in [0.25, 0.3) is 0 Å². The average molecular weight is 263 g/mol. The van der Waals surface area contributed by atoms with E-state index in [2.05, 4.69) is 4.72 Å². The van der Waals surface area contributed by atoms with Crippen molar-refractivity contribution in [2.75, 3.05) is 18.9 Å². The molecule has 0 aromatic heterocycles. The van der Waals surface area contributed by atoms with Crippen molar-refractivity contribution in [3.8, 4) is 0 Å². The van der Waals surface area contributed by atoms with E-state index >= 15 is 0 Å². The maximum atomic E-state index is 11.8. The van der Waals surface area contributed by atoms with E-state index in [9.17, 15) is 13.5 Å². The van der Waals surface area contributed by atoms with Crippen molar-refractivity contribution in [1.82, 2.24) is 4.72 Å². The minimum Gasteiger partial charge on any atom is -0.393 e. The Labute approximate surface area is 103 Å². The molecular weight excluding hydrogens is 242 g/mol. The van der Waals surface area contributed by atoms with E-state index in [-0.39, 0.29) is 23.9 Å². The Bertz CT molecular complexity index is 337. The van der Waals surface area contributed by atoms with Crippen LogP contribution >= 0.6 is 0 Å². The molecule has 0 aromatic carbocycles. The molecule has 3 atom stereocenters. The van der Waals surface area contributed by atoms with Crippen LogP contribution in [0.2, 0.25) is 0 Å². The summed E-state index contributed by atoms with van der Waals surface area (Å²) in [5.41, 5.74) is 0. The Morgan fingerprint density at radius 3 is 2.71 bits per heavy atom. The lowest BCUT2D eigenvalue weighted by molar-refractivity contribution is 0.127. The summed E-state index contributed by atoms with van der Waals surface area (Å²) in [7, 11) is -3.23. The van der Waals surface area contributed by atoms with Gasteiger partial charge >= 0.3 is 0 Å². The van der Waals surface area contributed by atoms with Crippen LogP contribution in [0.5, 0.6) is 0 Å². The first kappa shape index (κ1) is 13.3. The van der Waals surface area contributed by atoms with Gasteiger partial charge in [-0.25, -0.2) is 13.1 Å². The SMILES string of the molecule is O=S(=O)(CC1CCCO1)NCC1CCC(O)C1. The number of rotatable bonds is 5. The van der Waals surface area contributed by atoms with E-state index in [1.54, 1.807) is 0 Å². The van der Waals surface area contributed by atoms with E-state index in [0.717, 1.165) is 25.7 Å². The second kappa shape index (κ2) is 5.65. The summed E-state index contributed by atoms with van der Waals surface area (Å²) < 4.78 is 31.5. The smallest absolute Gasteiger partial charge is 0.214 e. The molecule has 1 heterocycles. The van der Waals surface area contributed by atoms with Gasteiger partial charge in [-0.1, -0.05) is 0 Å². The minimum absolute atomic E-state index is 0.0717. The van der Waals surface area contributed by atoms with Crippen molar-refractivity contribution in [1.29, 1.82) is 0 Å². The van der Waals surface area contributed by atoms with Gasteiger partial charge in [-0.2, -0.15) is 0 Å². The maximum Gasteiger partial charge on any atom is 0.214 e. The fraction of sp³-hybridized carbons (Fsp3) is 1.00. The van der Waals surface area contributed by atoms with Crippen LogP contribution in [-0.4, -0.2) is 44.6 Å². The van der Waals surface area contributed by atoms with Gasteiger partial charge < -0.3 is 9.84 Å². The Morgan fingerprint density at radius 1 is 1.29 bits per heavy atom. The van der Waals surface area contributed by atoms with Gasteiger partial charge in [0.05, 0.1) is 18.0 Å². The van der Waals surface area contributed by atoms with E-state index in [1.165, 1.54) is 0 Å². The molecule has 2 aliphatic rings. The van der Waals surface area contributed by atoms with Crippen LogP contribution in [0.1, 0.15) is 32.1 Å². The summed E-state index contributed by atoms with van der Waals surface area (Å²) in [6, 6.07) is 0. The van der Waals surface area contributed by atoms with Gasteiger partial charge in [0, 0.05) is 13.2 Å². The van der Waals surface area contributed by atoms with E-state index < -0.39 is 10.0 Å². The summed E-state index contributed by atoms with van der Waals surface area (Å²) in [6.45, 7) is 1.13. The highest BCUT2D eigenvalue weighted by Crippen LogP contribution is 2.24. The molecule has 1 aliphatic carbocycles. The summed E-state index contributed by atoms with van der Waals surface area (Å²) in [6.07, 6.45) is 3.81. The van der Waals surface area contributed by atoms with Crippen molar-refractivity contribution >= 4 is 10.0 Å². The van der Waals surface area contributed by atoms with Crippen molar-refractivity contribution < 1.29 is 18.3 Å². The van der Waals surface area contributed by atoms with Gasteiger partial charge in [-0.15, -0.1) is 0 Å². The zero-order valence-electron chi connectivity index (χ0n) is 9.97. The number of ether oxygens (including phenoxy) is 1. The third-order valence-corrected chi connectivity index (χ3v) is 4.95. The van der Waals surface area contributed by atoms with Crippen molar-refractivity contribution in [2.45, 2.75) is 44.3 Å². The highest BCUT2D eigenvalue weighted by Gasteiger charge is 2.26. The van der Waals surface area contributed by atoms with E-state index in [1.807, 2.05) is 0 Å².